The van der Waals surface area contributed by atoms with Gasteiger partial charge in [0, 0.05) is 11.5 Å². The number of hydrogen-bond donors (Lipinski definition) is 0. The first-order chi connectivity index (χ1) is 11.4. The van der Waals surface area contributed by atoms with Crippen LogP contribution < -0.4 is 0 Å². The minimum absolute atomic E-state index is 0.117. The van der Waals surface area contributed by atoms with Crippen LogP contribution in [0.5, 0.6) is 0 Å². The van der Waals surface area contributed by atoms with Crippen LogP contribution in [0.3, 0.4) is 0 Å². The molecule has 0 N–H and O–H groups in total. The molecule has 0 radical (unpaired) electrons. The van der Waals surface area contributed by atoms with E-state index in [4.69, 9.17) is 4.74 Å². The van der Waals surface area contributed by atoms with Crippen LogP contribution >= 0.6 is 0 Å². The van der Waals surface area contributed by atoms with Crippen LogP contribution in [0.4, 0.5) is 0 Å². The van der Waals surface area contributed by atoms with Gasteiger partial charge in [-0.05, 0) is 61.3 Å². The van der Waals surface area contributed by atoms with Crippen molar-refractivity contribution in [3.8, 4) is 0 Å². The van der Waals surface area contributed by atoms with Crippen molar-refractivity contribution in [2.45, 2.75) is 59.3 Å². The van der Waals surface area contributed by atoms with E-state index in [2.05, 4.69) is 39.5 Å². The minimum Gasteiger partial charge on any atom is -0.462 e. The van der Waals surface area contributed by atoms with Crippen LogP contribution in [0.15, 0.2) is 36.0 Å². The quantitative estimate of drug-likeness (QED) is 0.506. The predicted octanol–water partition coefficient (Wildman–Crippen LogP) is 5.46. The number of rotatable bonds is 4. The standard InChI is InChI=1S/C22H32O2/c1-5-21(23)24-14-22(4)12-6-7-19-18-10-8-16(15(2)3)13-17(18)9-11-20(19)22/h5,9,13,15,18-20H,1,6-8,10-12,14H2,2-4H3. The first-order valence-electron chi connectivity index (χ1n) is 9.64. The van der Waals surface area contributed by atoms with Gasteiger partial charge < -0.3 is 4.74 Å². The summed E-state index contributed by atoms with van der Waals surface area (Å²) in [6.07, 6.45) is 13.7. The summed E-state index contributed by atoms with van der Waals surface area (Å²) in [5, 5.41) is 0. The van der Waals surface area contributed by atoms with Crippen molar-refractivity contribution < 1.29 is 9.53 Å². The molecule has 3 aliphatic carbocycles. The molecule has 0 spiro atoms. The average Bonchev–Trinajstić information content (AvgIpc) is 2.59. The van der Waals surface area contributed by atoms with E-state index in [0.717, 1.165) is 18.3 Å². The Morgan fingerprint density at radius 2 is 2.25 bits per heavy atom. The van der Waals surface area contributed by atoms with Crippen LogP contribution in [0.2, 0.25) is 0 Å². The SMILES string of the molecule is C=CC(=O)OCC1(C)CCCC2C3CCC(C(C)C)=CC3=CCC21. The molecule has 0 aromatic heterocycles. The Morgan fingerprint density at radius 3 is 2.96 bits per heavy atom. The molecule has 1 saturated carbocycles. The lowest BCUT2D eigenvalue weighted by atomic mass is 9.54. The lowest BCUT2D eigenvalue weighted by Gasteiger charge is -2.51. The highest BCUT2D eigenvalue weighted by Crippen LogP contribution is 2.55. The first-order valence-corrected chi connectivity index (χ1v) is 9.64. The van der Waals surface area contributed by atoms with Crippen LogP contribution in [0.25, 0.3) is 0 Å². The zero-order valence-corrected chi connectivity index (χ0v) is 15.5. The third-order valence-corrected chi connectivity index (χ3v) is 6.80. The Kier molecular flexibility index (Phi) is 5.03. The Balaban J connectivity index is 1.79. The molecule has 3 rings (SSSR count). The second kappa shape index (κ2) is 6.90. The van der Waals surface area contributed by atoms with Gasteiger partial charge in [-0.1, -0.05) is 51.5 Å². The lowest BCUT2D eigenvalue weighted by molar-refractivity contribution is -0.144. The molecule has 0 aliphatic heterocycles. The van der Waals surface area contributed by atoms with E-state index in [1.54, 1.807) is 11.1 Å². The van der Waals surface area contributed by atoms with Gasteiger partial charge in [-0.3, -0.25) is 0 Å². The highest BCUT2D eigenvalue weighted by Gasteiger charge is 2.47. The topological polar surface area (TPSA) is 26.3 Å². The molecule has 132 valence electrons. The van der Waals surface area contributed by atoms with Crippen LogP contribution in [-0.4, -0.2) is 12.6 Å². The second-order valence-electron chi connectivity index (χ2n) is 8.59. The third kappa shape index (κ3) is 3.25. The molecule has 0 heterocycles. The molecule has 1 fully saturated rings. The molecule has 0 aromatic carbocycles. The summed E-state index contributed by atoms with van der Waals surface area (Å²) in [7, 11) is 0. The van der Waals surface area contributed by atoms with Crippen molar-refractivity contribution in [3.63, 3.8) is 0 Å². The molecule has 4 atom stereocenters. The van der Waals surface area contributed by atoms with E-state index < -0.39 is 0 Å². The highest BCUT2D eigenvalue weighted by atomic mass is 16.5. The van der Waals surface area contributed by atoms with Crippen molar-refractivity contribution in [2.24, 2.45) is 29.1 Å². The van der Waals surface area contributed by atoms with E-state index >= 15 is 0 Å². The predicted molar refractivity (Wildman–Crippen MR) is 98.4 cm³/mol. The maximum Gasteiger partial charge on any atom is 0.330 e. The number of carbonyl (C=O) groups excluding carboxylic acids is 1. The van der Waals surface area contributed by atoms with Gasteiger partial charge in [-0.2, -0.15) is 0 Å². The maximum absolute atomic E-state index is 11.5. The molecule has 4 unspecified atom stereocenters. The monoisotopic (exact) mass is 328 g/mol. The van der Waals surface area contributed by atoms with Crippen molar-refractivity contribution in [3.05, 3.63) is 36.0 Å². The zero-order chi connectivity index (χ0) is 17.3. The summed E-state index contributed by atoms with van der Waals surface area (Å²) in [5.74, 6) is 2.51. The van der Waals surface area contributed by atoms with Gasteiger partial charge in [0.25, 0.3) is 0 Å². The van der Waals surface area contributed by atoms with Crippen LogP contribution in [0, 0.1) is 29.1 Å². The Labute approximate surface area is 147 Å². The summed E-state index contributed by atoms with van der Waals surface area (Å²) >= 11 is 0. The Hall–Kier alpha value is -1.31. The molecule has 0 bridgehead atoms. The van der Waals surface area contributed by atoms with Crippen molar-refractivity contribution in [2.75, 3.05) is 6.61 Å². The van der Waals surface area contributed by atoms with E-state index in [0.29, 0.717) is 18.4 Å². The van der Waals surface area contributed by atoms with E-state index in [1.165, 1.54) is 38.2 Å². The molecular weight excluding hydrogens is 296 g/mol. The minimum atomic E-state index is -0.285. The zero-order valence-electron chi connectivity index (χ0n) is 15.5. The Bertz CT molecular complexity index is 569. The van der Waals surface area contributed by atoms with Gasteiger partial charge in [-0.25, -0.2) is 4.79 Å². The van der Waals surface area contributed by atoms with E-state index in [1.807, 2.05) is 0 Å². The fraction of sp³-hybridized carbons (Fsp3) is 0.682. The van der Waals surface area contributed by atoms with Crippen LogP contribution in [-0.2, 0) is 9.53 Å². The summed E-state index contributed by atoms with van der Waals surface area (Å²) < 4.78 is 5.48. The van der Waals surface area contributed by atoms with Crippen LogP contribution in [0.1, 0.15) is 59.3 Å². The van der Waals surface area contributed by atoms with Gasteiger partial charge in [0.15, 0.2) is 0 Å². The molecule has 0 saturated heterocycles. The van der Waals surface area contributed by atoms with Crippen molar-refractivity contribution in [1.82, 2.24) is 0 Å². The average molecular weight is 328 g/mol. The summed E-state index contributed by atoms with van der Waals surface area (Å²) in [5.41, 5.74) is 3.33. The normalized spacial score (nSPS) is 35.4. The molecule has 0 aromatic rings. The Morgan fingerprint density at radius 1 is 1.46 bits per heavy atom. The smallest absolute Gasteiger partial charge is 0.330 e. The second-order valence-corrected chi connectivity index (χ2v) is 8.59. The van der Waals surface area contributed by atoms with E-state index in [-0.39, 0.29) is 11.4 Å². The van der Waals surface area contributed by atoms with Crippen molar-refractivity contribution in [1.29, 1.82) is 0 Å². The lowest BCUT2D eigenvalue weighted by Crippen LogP contribution is -2.45. The molecule has 2 nitrogen and oxygen atoms in total. The highest BCUT2D eigenvalue weighted by molar-refractivity contribution is 5.81. The largest absolute Gasteiger partial charge is 0.462 e. The fourth-order valence-corrected chi connectivity index (χ4v) is 5.33. The summed E-state index contributed by atoms with van der Waals surface area (Å²) in [4.78, 5) is 11.5. The van der Waals surface area contributed by atoms with Gasteiger partial charge in [0.2, 0.25) is 0 Å². The van der Waals surface area contributed by atoms with Gasteiger partial charge >= 0.3 is 5.97 Å². The first kappa shape index (κ1) is 17.5. The van der Waals surface area contributed by atoms with Crippen molar-refractivity contribution >= 4 is 5.97 Å². The summed E-state index contributed by atoms with van der Waals surface area (Å²) in [6, 6.07) is 0. The molecule has 2 heteroatoms. The number of fused-ring (bicyclic) bond motifs is 3. The molecular formula is C22H32O2. The molecule has 3 aliphatic rings. The molecule has 0 amide bonds. The maximum atomic E-state index is 11.5. The van der Waals surface area contributed by atoms with Gasteiger partial charge in [0.05, 0.1) is 6.61 Å². The number of carbonyl (C=O) groups is 1. The van der Waals surface area contributed by atoms with Gasteiger partial charge in [-0.15, -0.1) is 0 Å². The third-order valence-electron chi connectivity index (χ3n) is 6.80. The number of allylic oxidation sites excluding steroid dienone is 4. The molecule has 24 heavy (non-hydrogen) atoms. The summed E-state index contributed by atoms with van der Waals surface area (Å²) in [6.45, 7) is 11.0. The number of ether oxygens (including phenoxy) is 1. The number of esters is 1. The number of hydrogen-bond acceptors (Lipinski definition) is 2. The fourth-order valence-electron chi connectivity index (χ4n) is 5.33. The van der Waals surface area contributed by atoms with E-state index in [9.17, 15) is 4.79 Å². The van der Waals surface area contributed by atoms with Gasteiger partial charge in [0.1, 0.15) is 0 Å².